The van der Waals surface area contributed by atoms with E-state index in [1.165, 1.54) is 32.8 Å². The molecule has 0 aliphatic carbocycles. The number of oxime groups is 1. The molecule has 0 aromatic carbocycles. The van der Waals surface area contributed by atoms with Gasteiger partial charge in [0.2, 0.25) is 0 Å². The molecular formula is C13H23NO3. The monoisotopic (exact) mass is 241 g/mol. The third-order valence-corrected chi connectivity index (χ3v) is 3.01. The summed E-state index contributed by atoms with van der Waals surface area (Å²) >= 11 is 0. The molecule has 0 amide bonds. The number of rotatable bonds is 8. The van der Waals surface area contributed by atoms with Crippen molar-refractivity contribution in [1.29, 1.82) is 0 Å². The van der Waals surface area contributed by atoms with Gasteiger partial charge < -0.3 is 9.57 Å². The Morgan fingerprint density at radius 3 is 3.00 bits per heavy atom. The van der Waals surface area contributed by atoms with Crippen LogP contribution < -0.4 is 0 Å². The fraction of sp³-hybridized carbons (Fsp3) is 0.846. The maximum absolute atomic E-state index is 11.0. The van der Waals surface area contributed by atoms with Gasteiger partial charge in [0.25, 0.3) is 0 Å². The number of hydrogen-bond donors (Lipinski definition) is 0. The van der Waals surface area contributed by atoms with E-state index in [1.807, 2.05) is 0 Å². The maximum Gasteiger partial charge on any atom is 0.305 e. The smallest absolute Gasteiger partial charge is 0.305 e. The third-order valence-electron chi connectivity index (χ3n) is 3.01. The van der Waals surface area contributed by atoms with Gasteiger partial charge in [-0.25, -0.2) is 0 Å². The number of carbonyl (C=O) groups is 1. The number of methoxy groups -OCH3 is 1. The topological polar surface area (TPSA) is 47.9 Å². The number of unbranched alkanes of at least 4 members (excludes halogenated alkanes) is 3. The van der Waals surface area contributed by atoms with Crippen molar-refractivity contribution >= 4 is 11.7 Å². The largest absolute Gasteiger partial charge is 0.469 e. The first-order chi connectivity index (χ1) is 8.26. The van der Waals surface area contributed by atoms with Gasteiger partial charge in [-0.05, 0) is 19.3 Å². The van der Waals surface area contributed by atoms with Crippen LogP contribution in [0.5, 0.6) is 0 Å². The van der Waals surface area contributed by atoms with Gasteiger partial charge in [-0.2, -0.15) is 0 Å². The van der Waals surface area contributed by atoms with Crippen LogP contribution in [0.3, 0.4) is 0 Å². The molecule has 0 bridgehead atoms. The van der Waals surface area contributed by atoms with Gasteiger partial charge in [0.1, 0.15) is 6.10 Å². The molecular weight excluding hydrogens is 218 g/mol. The molecule has 0 aromatic rings. The molecule has 0 fully saturated rings. The molecule has 1 heterocycles. The van der Waals surface area contributed by atoms with Crippen molar-refractivity contribution in [2.75, 3.05) is 7.11 Å². The molecule has 4 heteroatoms. The molecule has 98 valence electrons. The van der Waals surface area contributed by atoms with Crippen molar-refractivity contribution in [2.24, 2.45) is 5.16 Å². The van der Waals surface area contributed by atoms with Crippen LogP contribution in [0.2, 0.25) is 0 Å². The minimum absolute atomic E-state index is 0.0790. The van der Waals surface area contributed by atoms with Gasteiger partial charge in [-0.1, -0.05) is 31.3 Å². The highest BCUT2D eigenvalue weighted by Gasteiger charge is 2.21. The summed E-state index contributed by atoms with van der Waals surface area (Å²) in [6.07, 6.45) is 8.12. The number of esters is 1. The molecule has 0 N–H and O–H groups in total. The van der Waals surface area contributed by atoms with Gasteiger partial charge in [-0.15, -0.1) is 0 Å². The van der Waals surface area contributed by atoms with E-state index in [1.54, 1.807) is 0 Å². The standard InChI is InChI=1S/C13H23NO3/c1-3-4-5-6-7-11-10-12(17-14-11)8-9-13(15)16-2/h12H,3-10H2,1-2H3. The van der Waals surface area contributed by atoms with Gasteiger partial charge in [0, 0.05) is 12.8 Å². The van der Waals surface area contributed by atoms with Crippen LogP contribution in [0.15, 0.2) is 5.16 Å². The summed E-state index contributed by atoms with van der Waals surface area (Å²) in [4.78, 5) is 16.3. The van der Waals surface area contributed by atoms with Crippen LogP contribution in [0, 0.1) is 0 Å². The van der Waals surface area contributed by atoms with E-state index in [4.69, 9.17) is 4.84 Å². The highest BCUT2D eigenvalue weighted by molar-refractivity contribution is 5.85. The molecule has 4 nitrogen and oxygen atoms in total. The Balaban J connectivity index is 2.07. The number of carbonyl (C=O) groups excluding carboxylic acids is 1. The van der Waals surface area contributed by atoms with E-state index in [0.717, 1.165) is 18.6 Å². The zero-order chi connectivity index (χ0) is 12.5. The summed E-state index contributed by atoms with van der Waals surface area (Å²) in [7, 11) is 1.41. The van der Waals surface area contributed by atoms with Crippen molar-refractivity contribution in [3.63, 3.8) is 0 Å². The Morgan fingerprint density at radius 1 is 1.47 bits per heavy atom. The summed E-state index contributed by atoms with van der Waals surface area (Å²) in [5, 5.41) is 4.08. The molecule has 1 aliphatic heterocycles. The van der Waals surface area contributed by atoms with Gasteiger partial charge in [-0.3, -0.25) is 4.79 Å². The van der Waals surface area contributed by atoms with Crippen LogP contribution in [-0.4, -0.2) is 24.9 Å². The Morgan fingerprint density at radius 2 is 2.29 bits per heavy atom. The Labute approximate surface area is 103 Å². The summed E-state index contributed by atoms with van der Waals surface area (Å²) in [6, 6.07) is 0. The molecule has 17 heavy (non-hydrogen) atoms. The van der Waals surface area contributed by atoms with Crippen molar-refractivity contribution in [2.45, 2.75) is 64.4 Å². The zero-order valence-corrected chi connectivity index (χ0v) is 10.9. The van der Waals surface area contributed by atoms with Crippen LogP contribution in [0.1, 0.15) is 58.3 Å². The molecule has 1 unspecified atom stereocenters. The second kappa shape index (κ2) is 8.09. The molecule has 0 saturated heterocycles. The first-order valence-corrected chi connectivity index (χ1v) is 6.54. The molecule has 1 rings (SSSR count). The lowest BCUT2D eigenvalue weighted by atomic mass is 10.0. The average Bonchev–Trinajstić information content (AvgIpc) is 2.79. The van der Waals surface area contributed by atoms with Crippen molar-refractivity contribution in [3.05, 3.63) is 0 Å². The average molecular weight is 241 g/mol. The predicted octanol–water partition coefficient (Wildman–Crippen LogP) is 3.05. The number of nitrogens with zero attached hydrogens (tertiary/aromatic N) is 1. The fourth-order valence-electron chi connectivity index (χ4n) is 1.93. The summed E-state index contributed by atoms with van der Waals surface area (Å²) in [5.74, 6) is -0.176. The highest BCUT2D eigenvalue weighted by atomic mass is 16.6. The Hall–Kier alpha value is -1.06. The van der Waals surface area contributed by atoms with Crippen LogP contribution in [-0.2, 0) is 14.4 Å². The zero-order valence-electron chi connectivity index (χ0n) is 10.9. The first-order valence-electron chi connectivity index (χ1n) is 6.54. The first kappa shape index (κ1) is 14.0. The van der Waals surface area contributed by atoms with Crippen LogP contribution in [0.4, 0.5) is 0 Å². The molecule has 0 saturated carbocycles. The van der Waals surface area contributed by atoms with E-state index in [0.29, 0.717) is 12.8 Å². The Bertz CT molecular complexity index is 263. The van der Waals surface area contributed by atoms with Crippen molar-refractivity contribution in [1.82, 2.24) is 0 Å². The van der Waals surface area contributed by atoms with Crippen molar-refractivity contribution < 1.29 is 14.4 Å². The summed E-state index contributed by atoms with van der Waals surface area (Å²) in [6.45, 7) is 2.21. The van der Waals surface area contributed by atoms with E-state index < -0.39 is 0 Å². The van der Waals surface area contributed by atoms with E-state index in [-0.39, 0.29) is 12.1 Å². The molecule has 0 aromatic heterocycles. The lowest BCUT2D eigenvalue weighted by Gasteiger charge is -2.06. The minimum atomic E-state index is -0.176. The quantitative estimate of drug-likeness (QED) is 0.484. The predicted molar refractivity (Wildman–Crippen MR) is 66.9 cm³/mol. The molecule has 0 spiro atoms. The van der Waals surface area contributed by atoms with Gasteiger partial charge >= 0.3 is 5.97 Å². The third kappa shape index (κ3) is 5.71. The molecule has 0 radical (unpaired) electrons. The minimum Gasteiger partial charge on any atom is -0.469 e. The van der Waals surface area contributed by atoms with Crippen molar-refractivity contribution in [3.8, 4) is 0 Å². The fourth-order valence-corrected chi connectivity index (χ4v) is 1.93. The summed E-state index contributed by atoms with van der Waals surface area (Å²) < 4.78 is 4.60. The second-order valence-corrected chi connectivity index (χ2v) is 4.51. The highest BCUT2D eigenvalue weighted by Crippen LogP contribution is 2.19. The number of ether oxygens (including phenoxy) is 1. The number of hydrogen-bond acceptors (Lipinski definition) is 4. The second-order valence-electron chi connectivity index (χ2n) is 4.51. The SMILES string of the molecule is CCCCCCC1=NOC(CCC(=O)OC)C1. The van der Waals surface area contributed by atoms with Crippen LogP contribution >= 0.6 is 0 Å². The molecule has 1 aliphatic rings. The lowest BCUT2D eigenvalue weighted by Crippen LogP contribution is -2.11. The molecule has 1 atom stereocenters. The van der Waals surface area contributed by atoms with E-state index in [9.17, 15) is 4.79 Å². The maximum atomic E-state index is 11.0. The lowest BCUT2D eigenvalue weighted by molar-refractivity contribution is -0.141. The van der Waals surface area contributed by atoms with Crippen LogP contribution in [0.25, 0.3) is 0 Å². The van der Waals surface area contributed by atoms with E-state index >= 15 is 0 Å². The van der Waals surface area contributed by atoms with E-state index in [2.05, 4.69) is 16.8 Å². The Kier molecular flexibility index (Phi) is 6.67. The van der Waals surface area contributed by atoms with Gasteiger partial charge in [0.05, 0.1) is 12.8 Å². The van der Waals surface area contributed by atoms with Gasteiger partial charge in [0.15, 0.2) is 0 Å². The summed E-state index contributed by atoms with van der Waals surface area (Å²) in [5.41, 5.74) is 1.15. The normalized spacial score (nSPS) is 18.7.